The summed E-state index contributed by atoms with van der Waals surface area (Å²) in [5, 5.41) is 17.3. The van der Waals surface area contributed by atoms with Crippen LogP contribution in [-0.2, 0) is 6.42 Å². The second kappa shape index (κ2) is 8.12. The topological polar surface area (TPSA) is 90.5 Å². The van der Waals surface area contributed by atoms with Crippen LogP contribution in [0.2, 0.25) is 0 Å². The fourth-order valence-electron chi connectivity index (χ4n) is 3.23. The number of carbonyl (C=O) groups is 2. The minimum absolute atomic E-state index is 0.0126. The van der Waals surface area contributed by atoms with Gasteiger partial charge in [0, 0.05) is 17.7 Å². The molecule has 154 valence electrons. The van der Waals surface area contributed by atoms with Gasteiger partial charge in [0.1, 0.15) is 6.54 Å². The van der Waals surface area contributed by atoms with E-state index >= 15 is 0 Å². The van der Waals surface area contributed by atoms with E-state index in [0.717, 1.165) is 11.1 Å². The van der Waals surface area contributed by atoms with Gasteiger partial charge in [0.2, 0.25) is 0 Å². The number of carbonyl (C=O) groups excluding carboxylic acids is 2. The number of urea groups is 1. The Bertz CT molecular complexity index is 931. The van der Waals surface area contributed by atoms with Crippen LogP contribution in [0.25, 0.3) is 0 Å². The van der Waals surface area contributed by atoms with Crippen molar-refractivity contribution in [2.24, 2.45) is 0 Å². The fourth-order valence-corrected chi connectivity index (χ4v) is 3.23. The molecule has 0 unspecified atom stereocenters. The first-order valence-corrected chi connectivity index (χ1v) is 8.93. The maximum absolute atomic E-state index is 12.4. The quantitative estimate of drug-likeness (QED) is 0.628. The lowest BCUT2D eigenvalue weighted by Crippen LogP contribution is -2.37. The largest absolute Gasteiger partial charge is 0.405 e. The summed E-state index contributed by atoms with van der Waals surface area (Å²) >= 11 is 0. The van der Waals surface area contributed by atoms with Gasteiger partial charge < -0.3 is 21.1 Å². The van der Waals surface area contributed by atoms with Crippen molar-refractivity contribution in [1.82, 2.24) is 10.6 Å². The van der Waals surface area contributed by atoms with Gasteiger partial charge in [-0.1, -0.05) is 30.3 Å². The first-order chi connectivity index (χ1) is 13.6. The third-order valence-electron chi connectivity index (χ3n) is 4.69. The summed E-state index contributed by atoms with van der Waals surface area (Å²) in [4.78, 5) is 24.4. The zero-order valence-electron chi connectivity index (χ0n) is 15.5. The molecule has 0 heterocycles. The molecule has 0 radical (unpaired) electrons. The highest BCUT2D eigenvalue weighted by atomic mass is 19.4. The lowest BCUT2D eigenvalue weighted by Gasteiger charge is -2.19. The zero-order chi connectivity index (χ0) is 21.2. The number of amides is 3. The highest BCUT2D eigenvalue weighted by Crippen LogP contribution is 2.31. The Labute approximate surface area is 165 Å². The van der Waals surface area contributed by atoms with E-state index in [1.807, 2.05) is 24.3 Å². The van der Waals surface area contributed by atoms with Crippen molar-refractivity contribution in [3.05, 3.63) is 64.7 Å². The number of anilines is 1. The summed E-state index contributed by atoms with van der Waals surface area (Å²) in [5.74, 6) is -0.897. The van der Waals surface area contributed by atoms with E-state index in [1.54, 1.807) is 12.2 Å². The lowest BCUT2D eigenvalue weighted by molar-refractivity contribution is -0.123. The van der Waals surface area contributed by atoms with Crippen LogP contribution in [-0.4, -0.2) is 35.9 Å². The van der Waals surface area contributed by atoms with Gasteiger partial charge >= 0.3 is 12.2 Å². The second-order valence-electron chi connectivity index (χ2n) is 6.87. The van der Waals surface area contributed by atoms with E-state index in [0.29, 0.717) is 12.0 Å². The van der Waals surface area contributed by atoms with Gasteiger partial charge in [-0.3, -0.25) is 4.79 Å². The molecule has 0 aromatic heterocycles. The molecule has 3 amide bonds. The predicted octanol–water partition coefficient (Wildman–Crippen LogP) is 3.07. The fraction of sp³-hybridized carbons (Fsp3) is 0.300. The molecule has 29 heavy (non-hydrogen) atoms. The molecule has 2 aromatic rings. The number of aliphatic hydroxyl groups excluding tert-OH is 1. The molecule has 1 aliphatic rings. The third-order valence-corrected chi connectivity index (χ3v) is 4.69. The SMILES string of the molecule is Cc1ccc(C(=O)NCC(F)(F)F)cc1NC(=O)N[C@@H]1c2ccccc2C[C@@H]1O. The van der Waals surface area contributed by atoms with Gasteiger partial charge in [-0.05, 0) is 35.7 Å². The Hall–Kier alpha value is -3.07. The molecule has 0 saturated heterocycles. The van der Waals surface area contributed by atoms with Crippen LogP contribution >= 0.6 is 0 Å². The smallest absolute Gasteiger partial charge is 0.390 e. The number of fused-ring (bicyclic) bond motifs is 1. The summed E-state index contributed by atoms with van der Waals surface area (Å²) in [5.41, 5.74) is 2.67. The average molecular weight is 407 g/mol. The van der Waals surface area contributed by atoms with Crippen molar-refractivity contribution >= 4 is 17.6 Å². The molecular formula is C20H20F3N3O3. The Kier molecular flexibility index (Phi) is 5.78. The summed E-state index contributed by atoms with van der Waals surface area (Å²) in [7, 11) is 0. The molecule has 6 nitrogen and oxygen atoms in total. The number of benzene rings is 2. The van der Waals surface area contributed by atoms with Crippen molar-refractivity contribution < 1.29 is 27.9 Å². The normalized spacial score (nSPS) is 18.1. The first kappa shape index (κ1) is 20.7. The van der Waals surface area contributed by atoms with Crippen molar-refractivity contribution in [3.63, 3.8) is 0 Å². The molecule has 1 aliphatic carbocycles. The van der Waals surface area contributed by atoms with Crippen LogP contribution in [0.3, 0.4) is 0 Å². The van der Waals surface area contributed by atoms with Gasteiger partial charge in [-0.2, -0.15) is 13.2 Å². The summed E-state index contributed by atoms with van der Waals surface area (Å²) in [6, 6.07) is 10.4. The van der Waals surface area contributed by atoms with Gasteiger partial charge in [0.05, 0.1) is 12.1 Å². The summed E-state index contributed by atoms with van der Waals surface area (Å²) in [6.45, 7) is 0.245. The molecule has 2 aromatic carbocycles. The third kappa shape index (κ3) is 5.05. The number of aliphatic hydroxyl groups is 1. The van der Waals surface area contributed by atoms with Crippen LogP contribution in [0.4, 0.5) is 23.7 Å². The van der Waals surface area contributed by atoms with Crippen LogP contribution in [0.1, 0.15) is 33.1 Å². The second-order valence-corrected chi connectivity index (χ2v) is 6.87. The molecular weight excluding hydrogens is 387 g/mol. The van der Waals surface area contributed by atoms with E-state index in [-0.39, 0.29) is 11.3 Å². The van der Waals surface area contributed by atoms with Crippen molar-refractivity contribution in [1.29, 1.82) is 0 Å². The van der Waals surface area contributed by atoms with Gasteiger partial charge in [0.15, 0.2) is 0 Å². The van der Waals surface area contributed by atoms with Crippen LogP contribution in [0, 0.1) is 6.92 Å². The van der Waals surface area contributed by atoms with E-state index < -0.39 is 36.8 Å². The van der Waals surface area contributed by atoms with E-state index in [4.69, 9.17) is 0 Å². The number of hydrogen-bond acceptors (Lipinski definition) is 3. The predicted molar refractivity (Wildman–Crippen MR) is 101 cm³/mol. The molecule has 3 rings (SSSR count). The molecule has 9 heteroatoms. The highest BCUT2D eigenvalue weighted by Gasteiger charge is 2.32. The van der Waals surface area contributed by atoms with Crippen LogP contribution < -0.4 is 16.0 Å². The maximum atomic E-state index is 12.4. The van der Waals surface area contributed by atoms with Gasteiger partial charge in [-0.15, -0.1) is 0 Å². The summed E-state index contributed by atoms with van der Waals surface area (Å²) in [6.07, 6.45) is -4.85. The molecule has 0 bridgehead atoms. The zero-order valence-corrected chi connectivity index (χ0v) is 15.5. The number of halogens is 3. The summed E-state index contributed by atoms with van der Waals surface area (Å²) < 4.78 is 36.8. The number of hydrogen-bond donors (Lipinski definition) is 4. The van der Waals surface area contributed by atoms with E-state index in [1.165, 1.54) is 18.2 Å². The maximum Gasteiger partial charge on any atom is 0.405 e. The van der Waals surface area contributed by atoms with Crippen LogP contribution in [0.5, 0.6) is 0 Å². The van der Waals surface area contributed by atoms with Crippen LogP contribution in [0.15, 0.2) is 42.5 Å². The Balaban J connectivity index is 1.68. The van der Waals surface area contributed by atoms with Gasteiger partial charge in [-0.25, -0.2) is 4.79 Å². The van der Waals surface area contributed by atoms with Crippen molar-refractivity contribution in [3.8, 4) is 0 Å². The highest BCUT2D eigenvalue weighted by molar-refractivity contribution is 5.97. The number of rotatable bonds is 4. The Morgan fingerprint density at radius 3 is 2.62 bits per heavy atom. The molecule has 0 saturated carbocycles. The van der Waals surface area contributed by atoms with Crippen molar-refractivity contribution in [2.75, 3.05) is 11.9 Å². The molecule has 0 aliphatic heterocycles. The average Bonchev–Trinajstić information content (AvgIpc) is 2.96. The molecule has 0 spiro atoms. The standard InChI is InChI=1S/C20H20F3N3O3/c1-11-6-7-13(18(28)24-10-20(21,22)23)8-15(11)25-19(29)26-17-14-5-3-2-4-12(14)9-16(17)27/h2-8,16-17,27H,9-10H2,1H3,(H,24,28)(H2,25,26,29)/t16-,17+/m0/s1. The number of nitrogens with one attached hydrogen (secondary N) is 3. The van der Waals surface area contributed by atoms with E-state index in [9.17, 15) is 27.9 Å². The minimum atomic E-state index is -4.51. The molecule has 4 N–H and O–H groups in total. The number of alkyl halides is 3. The van der Waals surface area contributed by atoms with E-state index in [2.05, 4.69) is 10.6 Å². The van der Waals surface area contributed by atoms with Crippen molar-refractivity contribution in [2.45, 2.75) is 31.7 Å². The minimum Gasteiger partial charge on any atom is -0.390 e. The molecule has 0 fully saturated rings. The van der Waals surface area contributed by atoms with Gasteiger partial charge in [0.25, 0.3) is 5.91 Å². The number of aryl methyl sites for hydroxylation is 1. The monoisotopic (exact) mass is 407 g/mol. The molecule has 2 atom stereocenters. The Morgan fingerprint density at radius 1 is 1.17 bits per heavy atom. The Morgan fingerprint density at radius 2 is 1.90 bits per heavy atom. The first-order valence-electron chi connectivity index (χ1n) is 8.93. The lowest BCUT2D eigenvalue weighted by atomic mass is 10.1.